The van der Waals surface area contributed by atoms with E-state index in [0.717, 1.165) is 43.6 Å². The van der Waals surface area contributed by atoms with Crippen LogP contribution in [0.3, 0.4) is 0 Å². The van der Waals surface area contributed by atoms with Crippen LogP contribution in [0.15, 0.2) is 95.7 Å². The Bertz CT molecular complexity index is 1790. The van der Waals surface area contributed by atoms with E-state index in [1.165, 1.54) is 0 Å². The van der Waals surface area contributed by atoms with Crippen LogP contribution in [-0.2, 0) is 13.1 Å². The SMILES string of the molecule is O=C(NCc1cccc(CNc2cc(-c3ccccc3Cl)nc3c(Br)cnn23)c1)c1c[nH]c2ccccc12. The molecule has 7 nitrogen and oxygen atoms in total. The first kappa shape index (κ1) is 24.2. The van der Waals surface area contributed by atoms with Crippen molar-refractivity contribution >= 4 is 55.8 Å². The van der Waals surface area contributed by atoms with Crippen LogP contribution in [0.4, 0.5) is 5.82 Å². The van der Waals surface area contributed by atoms with Crippen molar-refractivity contribution in [3.63, 3.8) is 0 Å². The third-order valence-corrected chi connectivity index (χ3v) is 7.22. The van der Waals surface area contributed by atoms with Gasteiger partial charge in [0.15, 0.2) is 5.65 Å². The maximum Gasteiger partial charge on any atom is 0.253 e. The van der Waals surface area contributed by atoms with E-state index in [4.69, 9.17) is 16.6 Å². The van der Waals surface area contributed by atoms with Gasteiger partial charge in [-0.3, -0.25) is 4.79 Å². The minimum Gasteiger partial charge on any atom is -0.366 e. The Morgan fingerprint density at radius 2 is 1.76 bits per heavy atom. The van der Waals surface area contributed by atoms with Crippen LogP contribution in [0, 0.1) is 0 Å². The highest BCUT2D eigenvalue weighted by Gasteiger charge is 2.14. The van der Waals surface area contributed by atoms with Crippen LogP contribution in [-0.4, -0.2) is 25.5 Å². The molecule has 1 amide bonds. The fourth-order valence-electron chi connectivity index (χ4n) is 4.45. The van der Waals surface area contributed by atoms with Crippen LogP contribution in [0.1, 0.15) is 21.5 Å². The van der Waals surface area contributed by atoms with Gasteiger partial charge in [-0.2, -0.15) is 9.61 Å². The van der Waals surface area contributed by atoms with Gasteiger partial charge in [0.25, 0.3) is 5.91 Å². The second kappa shape index (κ2) is 10.3. The van der Waals surface area contributed by atoms with Crippen LogP contribution in [0.5, 0.6) is 0 Å². The van der Waals surface area contributed by atoms with E-state index >= 15 is 0 Å². The number of para-hydroxylation sites is 1. The van der Waals surface area contributed by atoms with Crippen molar-refractivity contribution < 1.29 is 4.79 Å². The summed E-state index contributed by atoms with van der Waals surface area (Å²) < 4.78 is 2.55. The molecule has 0 aliphatic rings. The molecule has 3 aromatic carbocycles. The smallest absolute Gasteiger partial charge is 0.253 e. The number of benzene rings is 3. The van der Waals surface area contributed by atoms with Crippen molar-refractivity contribution in [3.05, 3.63) is 117 Å². The topological polar surface area (TPSA) is 87.1 Å². The first-order valence-corrected chi connectivity index (χ1v) is 13.2. The largest absolute Gasteiger partial charge is 0.366 e. The number of anilines is 1. The molecule has 0 unspecified atom stereocenters. The lowest BCUT2D eigenvalue weighted by Gasteiger charge is -2.12. The van der Waals surface area contributed by atoms with Gasteiger partial charge in [-0.1, -0.05) is 72.3 Å². The Morgan fingerprint density at radius 1 is 0.974 bits per heavy atom. The van der Waals surface area contributed by atoms with Crippen LogP contribution in [0.25, 0.3) is 27.8 Å². The van der Waals surface area contributed by atoms with E-state index in [2.05, 4.69) is 42.7 Å². The molecule has 0 atom stereocenters. The van der Waals surface area contributed by atoms with Gasteiger partial charge in [-0.05, 0) is 39.2 Å². The van der Waals surface area contributed by atoms with Gasteiger partial charge < -0.3 is 15.6 Å². The minimum absolute atomic E-state index is 0.110. The van der Waals surface area contributed by atoms with Crippen LogP contribution >= 0.6 is 27.5 Å². The summed E-state index contributed by atoms with van der Waals surface area (Å²) in [5.41, 5.74) is 5.95. The molecule has 0 bridgehead atoms. The fraction of sp³-hybridized carbons (Fsp3) is 0.0690. The zero-order valence-electron chi connectivity index (χ0n) is 20.1. The average Bonchev–Trinajstić information content (AvgIpc) is 3.55. The molecule has 0 aliphatic carbocycles. The lowest BCUT2D eigenvalue weighted by molar-refractivity contribution is 0.0952. The van der Waals surface area contributed by atoms with Crippen LogP contribution in [0.2, 0.25) is 5.02 Å². The summed E-state index contributed by atoms with van der Waals surface area (Å²) in [5, 5.41) is 12.5. The number of nitrogens with one attached hydrogen (secondary N) is 3. The monoisotopic (exact) mass is 584 g/mol. The number of carbonyl (C=O) groups is 1. The standard InChI is InChI=1S/C29H22BrClN6O/c30-23-17-35-37-27(13-26(36-28(23)37)21-9-1-3-10-24(21)31)33-14-18-6-5-7-19(12-18)15-34-29(38)22-16-32-25-11-4-2-8-20(22)25/h1-13,16-17,32-33H,14-15H2,(H,34,38). The molecule has 0 saturated heterocycles. The van der Waals surface area contributed by atoms with Gasteiger partial charge in [0.05, 0.1) is 21.9 Å². The van der Waals surface area contributed by atoms with E-state index in [-0.39, 0.29) is 5.91 Å². The summed E-state index contributed by atoms with van der Waals surface area (Å²) in [7, 11) is 0. The zero-order valence-corrected chi connectivity index (χ0v) is 22.4. The number of hydrogen-bond donors (Lipinski definition) is 3. The molecule has 3 aromatic heterocycles. The molecule has 0 spiro atoms. The van der Waals surface area contributed by atoms with E-state index < -0.39 is 0 Å². The number of H-pyrrole nitrogens is 1. The van der Waals surface area contributed by atoms with Crippen LogP contribution < -0.4 is 10.6 Å². The number of hydrogen-bond acceptors (Lipinski definition) is 4. The molecule has 9 heteroatoms. The lowest BCUT2D eigenvalue weighted by Crippen LogP contribution is -2.22. The molecule has 0 radical (unpaired) electrons. The molecule has 6 aromatic rings. The number of aromatic amines is 1. The number of carbonyl (C=O) groups excluding carboxylic acids is 1. The van der Waals surface area contributed by atoms with Gasteiger partial charge >= 0.3 is 0 Å². The molecular weight excluding hydrogens is 564 g/mol. The molecule has 3 N–H and O–H groups in total. The summed E-state index contributed by atoms with van der Waals surface area (Å²) in [5.74, 6) is 0.676. The predicted molar refractivity (Wildman–Crippen MR) is 154 cm³/mol. The maximum atomic E-state index is 12.8. The van der Waals surface area contributed by atoms with Crippen molar-refractivity contribution in [3.8, 4) is 11.3 Å². The normalized spacial score (nSPS) is 11.2. The van der Waals surface area contributed by atoms with Gasteiger partial charge in [-0.15, -0.1) is 0 Å². The van der Waals surface area contributed by atoms with Crippen molar-refractivity contribution in [2.24, 2.45) is 0 Å². The Balaban J connectivity index is 1.19. The van der Waals surface area contributed by atoms with Gasteiger partial charge in [0, 0.05) is 46.8 Å². The van der Waals surface area contributed by atoms with E-state index in [0.29, 0.717) is 29.3 Å². The van der Waals surface area contributed by atoms with E-state index in [1.54, 1.807) is 16.9 Å². The second-order valence-electron chi connectivity index (χ2n) is 8.84. The predicted octanol–water partition coefficient (Wildman–Crippen LogP) is 6.84. The number of fused-ring (bicyclic) bond motifs is 2. The summed E-state index contributed by atoms with van der Waals surface area (Å²) in [4.78, 5) is 20.7. The Morgan fingerprint density at radius 3 is 2.63 bits per heavy atom. The van der Waals surface area contributed by atoms with Crippen molar-refractivity contribution in [2.75, 3.05) is 5.32 Å². The number of rotatable bonds is 7. The Labute approximate surface area is 232 Å². The molecule has 3 heterocycles. The first-order valence-electron chi connectivity index (χ1n) is 12.0. The number of aromatic nitrogens is 4. The molecule has 188 valence electrons. The quantitative estimate of drug-likeness (QED) is 0.192. The Hall–Kier alpha value is -4.14. The summed E-state index contributed by atoms with van der Waals surface area (Å²) >= 11 is 10.00. The van der Waals surface area contributed by atoms with E-state index in [9.17, 15) is 4.79 Å². The molecule has 0 aliphatic heterocycles. The third kappa shape index (κ3) is 4.76. The third-order valence-electron chi connectivity index (χ3n) is 6.33. The fourth-order valence-corrected chi connectivity index (χ4v) is 5.03. The first-order chi connectivity index (χ1) is 18.6. The molecule has 6 rings (SSSR count). The summed E-state index contributed by atoms with van der Waals surface area (Å²) in [6, 6.07) is 25.5. The average molecular weight is 586 g/mol. The number of amides is 1. The highest BCUT2D eigenvalue weighted by atomic mass is 79.9. The zero-order chi connectivity index (χ0) is 26.1. The Kier molecular flexibility index (Phi) is 6.57. The molecular formula is C29H22BrClN6O. The highest BCUT2D eigenvalue weighted by molar-refractivity contribution is 9.10. The molecule has 38 heavy (non-hydrogen) atoms. The van der Waals surface area contributed by atoms with E-state index in [1.807, 2.05) is 72.8 Å². The number of halogens is 2. The van der Waals surface area contributed by atoms with Crippen molar-refractivity contribution in [2.45, 2.75) is 13.1 Å². The van der Waals surface area contributed by atoms with Crippen molar-refractivity contribution in [1.82, 2.24) is 24.9 Å². The maximum absolute atomic E-state index is 12.8. The summed E-state index contributed by atoms with van der Waals surface area (Å²) in [6.07, 6.45) is 3.47. The number of nitrogens with zero attached hydrogens (tertiary/aromatic N) is 3. The van der Waals surface area contributed by atoms with Gasteiger partial charge in [-0.25, -0.2) is 4.98 Å². The minimum atomic E-state index is -0.110. The second-order valence-corrected chi connectivity index (χ2v) is 10.1. The summed E-state index contributed by atoms with van der Waals surface area (Å²) in [6.45, 7) is 0.983. The van der Waals surface area contributed by atoms with Gasteiger partial charge in [0.2, 0.25) is 0 Å². The van der Waals surface area contributed by atoms with Crippen molar-refractivity contribution in [1.29, 1.82) is 0 Å². The molecule has 0 saturated carbocycles. The lowest BCUT2D eigenvalue weighted by atomic mass is 10.1. The molecule has 0 fully saturated rings. The van der Waals surface area contributed by atoms with Gasteiger partial charge in [0.1, 0.15) is 5.82 Å². The highest BCUT2D eigenvalue weighted by Crippen LogP contribution is 2.30.